The number of aliphatic hydroxyl groups is 1. The Hall–Kier alpha value is -4.89. The number of aliphatic carboxylic acids is 1. The molecule has 21 heteroatoms. The van der Waals surface area contributed by atoms with Gasteiger partial charge in [-0.1, -0.05) is 110 Å². The number of unbranched alkanes of at least 4 members (excludes halogenated alkanes) is 1. The van der Waals surface area contributed by atoms with Gasteiger partial charge < -0.3 is 64.2 Å². The van der Waals surface area contributed by atoms with Gasteiger partial charge in [-0.15, -0.1) is 0 Å². The second kappa shape index (κ2) is 33.7. The average Bonchev–Trinajstić information content (AvgIpc) is 3.26. The number of nitrogens with two attached hydrogens (primary N) is 2. The molecule has 0 aromatic heterocycles. The largest absolute Gasteiger partial charge is 0.480 e. The molecule has 8 amide bonds. The van der Waals surface area contributed by atoms with E-state index in [1.54, 1.807) is 27.7 Å². The van der Waals surface area contributed by atoms with Crippen LogP contribution in [-0.2, 0) is 43.2 Å². The standard InChI is InChI=1S/C50H94N10O11/c1-15-32(14)41(50(70)71)60-47(67)38(24-30(10)11)57-49(69)40(31(12)13)59-46(66)37(23-29(8)9)55-44(64)35(21-27(4)5)53-43(63)34(20-26(2)3)54-45(65)36(22-28(6)7)56-48(68)39(25-61)58-42(62)33(52)18-16-17-19-51/h26-41,61H,15-25,51-52H2,1-14H3,(H,53,63)(H,54,65)(H,55,64)(H,56,68)(H,57,69)(H,58,62)(H,59,66)(H,60,67)(H,70,71)/t32-,33-,34-,35-,36-,37-,38-,39-,40-,41-/m0/s1. The molecule has 0 unspecified atom stereocenters. The summed E-state index contributed by atoms with van der Waals surface area (Å²) in [6, 6.07) is -10.5. The fourth-order valence-electron chi connectivity index (χ4n) is 7.70. The third kappa shape index (κ3) is 25.9. The van der Waals surface area contributed by atoms with Crippen molar-refractivity contribution in [1.29, 1.82) is 0 Å². The maximum absolute atomic E-state index is 14.2. The van der Waals surface area contributed by atoms with Gasteiger partial charge in [-0.2, -0.15) is 0 Å². The van der Waals surface area contributed by atoms with E-state index in [2.05, 4.69) is 42.5 Å². The van der Waals surface area contributed by atoms with E-state index in [4.69, 9.17) is 11.5 Å². The highest BCUT2D eigenvalue weighted by Crippen LogP contribution is 2.15. The van der Waals surface area contributed by atoms with Crippen molar-refractivity contribution in [3.8, 4) is 0 Å². The lowest BCUT2D eigenvalue weighted by Crippen LogP contribution is -2.61. The van der Waals surface area contributed by atoms with Crippen molar-refractivity contribution in [3.63, 3.8) is 0 Å². The SMILES string of the molecule is CC[C@H](C)[C@H](NC(=O)[C@H](CC(C)C)NC(=O)[C@@H](NC(=O)[C@H](CC(C)C)NC(=O)[C@H](CC(C)C)NC(=O)[C@H](CC(C)C)NC(=O)[C@H](CC(C)C)NC(=O)[C@H](CO)NC(=O)[C@@H](N)CCCCN)C(C)C)C(=O)O. The Labute approximate surface area is 423 Å². The van der Waals surface area contributed by atoms with Gasteiger partial charge in [0.1, 0.15) is 48.3 Å². The second-order valence-corrected chi connectivity index (χ2v) is 21.5. The number of carbonyl (C=O) groups is 9. The number of carboxylic acid groups (broad SMARTS) is 1. The Morgan fingerprint density at radius 1 is 0.423 bits per heavy atom. The number of hydrogen-bond acceptors (Lipinski definition) is 12. The van der Waals surface area contributed by atoms with Crippen LogP contribution in [0.15, 0.2) is 0 Å². The first-order valence-electron chi connectivity index (χ1n) is 25.7. The molecule has 0 aromatic rings. The molecule has 0 fully saturated rings. The summed E-state index contributed by atoms with van der Waals surface area (Å²) in [6.07, 6.45) is 2.80. The summed E-state index contributed by atoms with van der Waals surface area (Å²) >= 11 is 0. The van der Waals surface area contributed by atoms with Gasteiger partial charge in [-0.3, -0.25) is 38.4 Å². The van der Waals surface area contributed by atoms with E-state index in [-0.39, 0.29) is 67.6 Å². The van der Waals surface area contributed by atoms with Crippen molar-refractivity contribution in [2.24, 2.45) is 52.9 Å². The highest BCUT2D eigenvalue weighted by Gasteiger charge is 2.37. The molecule has 0 saturated heterocycles. The van der Waals surface area contributed by atoms with Crippen LogP contribution >= 0.6 is 0 Å². The number of aliphatic hydroxyl groups excluding tert-OH is 1. The first-order chi connectivity index (χ1) is 33.0. The Morgan fingerprint density at radius 3 is 1.00 bits per heavy atom. The normalized spacial score (nSPS) is 15.9. The minimum atomic E-state index is -1.42. The molecule has 0 saturated carbocycles. The van der Waals surface area contributed by atoms with E-state index in [0.29, 0.717) is 32.2 Å². The van der Waals surface area contributed by atoms with E-state index in [0.717, 1.165) is 0 Å². The lowest BCUT2D eigenvalue weighted by Gasteiger charge is -2.30. The van der Waals surface area contributed by atoms with Crippen LogP contribution in [0.3, 0.4) is 0 Å². The molecule has 0 radical (unpaired) electrons. The molecule has 71 heavy (non-hydrogen) atoms. The van der Waals surface area contributed by atoms with E-state index < -0.39 is 120 Å². The molecule has 0 bridgehead atoms. The van der Waals surface area contributed by atoms with Crippen molar-refractivity contribution in [3.05, 3.63) is 0 Å². The van der Waals surface area contributed by atoms with Crippen LogP contribution in [0.2, 0.25) is 0 Å². The molecular formula is C50H94N10O11. The number of hydrogen-bond donors (Lipinski definition) is 12. The number of amides is 8. The van der Waals surface area contributed by atoms with Gasteiger partial charge in [0, 0.05) is 0 Å². The zero-order valence-electron chi connectivity index (χ0n) is 45.2. The quantitative estimate of drug-likeness (QED) is 0.0400. The van der Waals surface area contributed by atoms with Crippen LogP contribution in [0, 0.1) is 41.4 Å². The molecule has 0 aliphatic rings. The summed E-state index contributed by atoms with van der Waals surface area (Å²) in [5.41, 5.74) is 11.5. The molecule has 410 valence electrons. The first kappa shape index (κ1) is 66.1. The second-order valence-electron chi connectivity index (χ2n) is 21.5. The van der Waals surface area contributed by atoms with Gasteiger partial charge in [0.25, 0.3) is 0 Å². The smallest absolute Gasteiger partial charge is 0.326 e. The maximum atomic E-state index is 14.2. The van der Waals surface area contributed by atoms with Crippen LogP contribution in [0.5, 0.6) is 0 Å². The Morgan fingerprint density at radius 2 is 0.718 bits per heavy atom. The van der Waals surface area contributed by atoms with Gasteiger partial charge in [-0.05, 0) is 92.9 Å². The lowest BCUT2D eigenvalue weighted by atomic mass is 9.96. The Kier molecular flexibility index (Phi) is 31.4. The molecule has 0 rings (SSSR count). The lowest BCUT2D eigenvalue weighted by molar-refractivity contribution is -0.144. The third-order valence-electron chi connectivity index (χ3n) is 11.8. The first-order valence-corrected chi connectivity index (χ1v) is 25.7. The summed E-state index contributed by atoms with van der Waals surface area (Å²) < 4.78 is 0. The molecule has 0 aliphatic heterocycles. The molecule has 0 heterocycles. The van der Waals surface area contributed by atoms with Crippen molar-refractivity contribution in [2.75, 3.05) is 13.2 Å². The van der Waals surface area contributed by atoms with Gasteiger partial charge in [-0.25, -0.2) is 4.79 Å². The van der Waals surface area contributed by atoms with Gasteiger partial charge in [0.2, 0.25) is 47.3 Å². The van der Waals surface area contributed by atoms with Gasteiger partial charge in [0.15, 0.2) is 0 Å². The number of carbonyl (C=O) groups excluding carboxylic acids is 8. The van der Waals surface area contributed by atoms with Crippen molar-refractivity contribution < 1.29 is 53.4 Å². The van der Waals surface area contributed by atoms with Crippen LogP contribution < -0.4 is 54.0 Å². The molecule has 0 aromatic carbocycles. The van der Waals surface area contributed by atoms with E-state index in [9.17, 15) is 53.4 Å². The number of rotatable bonds is 35. The van der Waals surface area contributed by atoms with Gasteiger partial charge >= 0.3 is 5.97 Å². The fraction of sp³-hybridized carbons (Fsp3) is 0.820. The van der Waals surface area contributed by atoms with Gasteiger partial charge in [0.05, 0.1) is 12.6 Å². The highest BCUT2D eigenvalue weighted by atomic mass is 16.4. The zero-order valence-corrected chi connectivity index (χ0v) is 45.2. The van der Waals surface area contributed by atoms with Crippen molar-refractivity contribution >= 4 is 53.2 Å². The zero-order chi connectivity index (χ0) is 54.9. The van der Waals surface area contributed by atoms with E-state index >= 15 is 0 Å². The summed E-state index contributed by atoms with van der Waals surface area (Å²) in [5.74, 6) is -8.24. The van der Waals surface area contributed by atoms with Crippen LogP contribution in [0.4, 0.5) is 0 Å². The van der Waals surface area contributed by atoms with Crippen molar-refractivity contribution in [2.45, 2.75) is 209 Å². The number of carboxylic acids is 1. The predicted octanol–water partition coefficient (Wildman–Crippen LogP) is 1.33. The molecule has 0 spiro atoms. The maximum Gasteiger partial charge on any atom is 0.326 e. The molecular weight excluding hydrogens is 917 g/mol. The summed E-state index contributed by atoms with van der Waals surface area (Å²) in [6.45, 7) is 25.0. The minimum absolute atomic E-state index is 0.0730. The van der Waals surface area contributed by atoms with E-state index in [1.807, 2.05) is 69.2 Å². The van der Waals surface area contributed by atoms with Crippen LogP contribution in [-0.4, -0.2) is 131 Å². The average molecular weight is 1010 g/mol. The van der Waals surface area contributed by atoms with Crippen LogP contribution in [0.1, 0.15) is 155 Å². The topological polar surface area (TPSA) is 342 Å². The van der Waals surface area contributed by atoms with E-state index in [1.165, 1.54) is 0 Å². The summed E-state index contributed by atoms with van der Waals surface area (Å²) in [5, 5.41) is 41.3. The number of nitrogens with one attached hydrogen (secondary N) is 8. The monoisotopic (exact) mass is 1010 g/mol. The minimum Gasteiger partial charge on any atom is -0.480 e. The summed E-state index contributed by atoms with van der Waals surface area (Å²) in [7, 11) is 0. The van der Waals surface area contributed by atoms with Crippen LogP contribution in [0.25, 0.3) is 0 Å². The molecule has 21 nitrogen and oxygen atoms in total. The fourth-order valence-corrected chi connectivity index (χ4v) is 7.70. The Bertz CT molecular complexity index is 1710. The third-order valence-corrected chi connectivity index (χ3v) is 11.8. The molecule has 0 aliphatic carbocycles. The molecule has 10 atom stereocenters. The highest BCUT2D eigenvalue weighted by molar-refractivity contribution is 5.98. The Balaban J connectivity index is 6.52. The van der Waals surface area contributed by atoms with Crippen molar-refractivity contribution in [1.82, 2.24) is 42.5 Å². The summed E-state index contributed by atoms with van der Waals surface area (Å²) in [4.78, 5) is 122. The molecule has 14 N–H and O–H groups in total. The predicted molar refractivity (Wildman–Crippen MR) is 273 cm³/mol.